The first-order valence-electron chi connectivity index (χ1n) is 18.6. The predicted molar refractivity (Wildman–Crippen MR) is 226 cm³/mol. The Kier molecular flexibility index (Phi) is 7.38. The quantitative estimate of drug-likeness (QED) is 0.171. The van der Waals surface area contributed by atoms with Crippen molar-refractivity contribution < 1.29 is 4.42 Å². The molecule has 11 rings (SSSR count). The van der Waals surface area contributed by atoms with E-state index in [0.29, 0.717) is 23.3 Å². The van der Waals surface area contributed by atoms with Crippen molar-refractivity contribution in [3.8, 4) is 62.2 Å². The summed E-state index contributed by atoms with van der Waals surface area (Å²) in [7, 11) is 0. The van der Waals surface area contributed by atoms with E-state index < -0.39 is 0 Å². The van der Waals surface area contributed by atoms with Crippen molar-refractivity contribution >= 4 is 43.7 Å². The van der Waals surface area contributed by atoms with Gasteiger partial charge in [0.1, 0.15) is 17.0 Å². The summed E-state index contributed by atoms with van der Waals surface area (Å²) in [4.78, 5) is 20.9. The van der Waals surface area contributed by atoms with Gasteiger partial charge in [-0.3, -0.25) is 4.57 Å². The van der Waals surface area contributed by atoms with Crippen molar-refractivity contribution in [3.05, 3.63) is 188 Å². The highest BCUT2D eigenvalue weighted by Crippen LogP contribution is 2.42. The Balaban J connectivity index is 1.24. The van der Waals surface area contributed by atoms with E-state index in [-0.39, 0.29) is 0 Å². The molecule has 0 bridgehead atoms. The molecule has 0 radical (unpaired) electrons. The van der Waals surface area contributed by atoms with Crippen LogP contribution in [-0.4, -0.2) is 24.5 Å². The number of rotatable bonds is 6. The Hall–Kier alpha value is -7.70. The summed E-state index contributed by atoms with van der Waals surface area (Å²) in [6.07, 6.45) is 1.97. The zero-order valence-corrected chi connectivity index (χ0v) is 30.0. The van der Waals surface area contributed by atoms with E-state index in [9.17, 15) is 0 Å². The third-order valence-corrected chi connectivity index (χ3v) is 10.5. The van der Waals surface area contributed by atoms with Gasteiger partial charge in [0.15, 0.2) is 17.5 Å². The number of nitrogens with zero attached hydrogens (tertiary/aromatic N) is 5. The zero-order chi connectivity index (χ0) is 37.0. The van der Waals surface area contributed by atoms with Crippen molar-refractivity contribution in [2.45, 2.75) is 0 Å². The van der Waals surface area contributed by atoms with Crippen molar-refractivity contribution in [3.63, 3.8) is 0 Å². The molecule has 7 aromatic carbocycles. The Bertz CT molecular complexity index is 3190. The monoisotopic (exact) mass is 717 g/mol. The molecule has 0 N–H and O–H groups in total. The maximum atomic E-state index is 6.45. The average Bonchev–Trinajstić information content (AvgIpc) is 3.83. The van der Waals surface area contributed by atoms with E-state index in [4.69, 9.17) is 24.4 Å². The highest BCUT2D eigenvalue weighted by molar-refractivity contribution is 6.24. The summed E-state index contributed by atoms with van der Waals surface area (Å²) in [6, 6.07) is 62.3. The molecule has 56 heavy (non-hydrogen) atoms. The van der Waals surface area contributed by atoms with Gasteiger partial charge in [-0.25, -0.2) is 19.9 Å². The number of pyridine rings is 1. The number of hydrogen-bond acceptors (Lipinski definition) is 5. The summed E-state index contributed by atoms with van der Waals surface area (Å²) < 4.78 is 8.72. The van der Waals surface area contributed by atoms with E-state index in [1.807, 2.05) is 85.1 Å². The molecule has 0 aliphatic rings. The van der Waals surface area contributed by atoms with E-state index >= 15 is 0 Å². The lowest BCUT2D eigenvalue weighted by atomic mass is 9.99. The van der Waals surface area contributed by atoms with Crippen LogP contribution in [0.25, 0.3) is 106 Å². The van der Waals surface area contributed by atoms with Gasteiger partial charge in [-0.2, -0.15) is 0 Å². The fourth-order valence-corrected chi connectivity index (χ4v) is 7.88. The standard InChI is InChI=1S/C50H31N5O/c1-4-15-32(16-5-1)35-21-14-22-36(29-35)37-30-41(49-53-47(33-17-6-2-7-18-33)52-48(54-49)34-19-8-3-9-20-34)50(51-31-37)55-42-25-12-10-23-38(42)39-27-28-44-45(46(39)55)40-24-11-13-26-43(40)56-44/h1-31H. The van der Waals surface area contributed by atoms with Crippen LogP contribution in [0.1, 0.15) is 0 Å². The van der Waals surface area contributed by atoms with Crippen LogP contribution >= 0.6 is 0 Å². The third-order valence-electron chi connectivity index (χ3n) is 10.5. The molecule has 4 heterocycles. The van der Waals surface area contributed by atoms with E-state index in [2.05, 4.69) is 108 Å². The molecule has 0 fully saturated rings. The summed E-state index contributed by atoms with van der Waals surface area (Å²) in [5.41, 5.74) is 10.5. The van der Waals surface area contributed by atoms with E-state index in [0.717, 1.165) is 82.7 Å². The first kappa shape index (κ1) is 31.8. The average molecular weight is 718 g/mol. The molecule has 0 atom stereocenters. The van der Waals surface area contributed by atoms with Gasteiger partial charge in [-0.1, -0.05) is 146 Å². The summed E-state index contributed by atoms with van der Waals surface area (Å²) >= 11 is 0. The summed E-state index contributed by atoms with van der Waals surface area (Å²) in [5, 5.41) is 4.31. The van der Waals surface area contributed by atoms with Gasteiger partial charge in [0, 0.05) is 39.0 Å². The minimum atomic E-state index is 0.524. The second-order valence-corrected chi connectivity index (χ2v) is 13.9. The Morgan fingerprint density at radius 1 is 0.393 bits per heavy atom. The molecule has 0 unspecified atom stereocenters. The topological polar surface area (TPSA) is 69.6 Å². The van der Waals surface area contributed by atoms with E-state index in [1.165, 1.54) is 0 Å². The Morgan fingerprint density at radius 3 is 1.68 bits per heavy atom. The molecule has 0 saturated carbocycles. The van der Waals surface area contributed by atoms with Crippen LogP contribution in [-0.2, 0) is 0 Å². The number of benzene rings is 7. The highest BCUT2D eigenvalue weighted by Gasteiger charge is 2.24. The molecule has 4 aromatic heterocycles. The minimum Gasteiger partial charge on any atom is -0.456 e. The number of fused-ring (bicyclic) bond motifs is 7. The fourth-order valence-electron chi connectivity index (χ4n) is 7.88. The van der Waals surface area contributed by atoms with Crippen molar-refractivity contribution in [1.29, 1.82) is 0 Å². The van der Waals surface area contributed by atoms with Crippen molar-refractivity contribution in [1.82, 2.24) is 24.5 Å². The number of hydrogen-bond donors (Lipinski definition) is 0. The number of furan rings is 1. The van der Waals surface area contributed by atoms with Crippen LogP contribution in [0.15, 0.2) is 193 Å². The van der Waals surface area contributed by atoms with Crippen LogP contribution in [0, 0.1) is 0 Å². The predicted octanol–water partition coefficient (Wildman–Crippen LogP) is 12.6. The Labute approximate surface area is 322 Å². The lowest BCUT2D eigenvalue weighted by molar-refractivity contribution is 0.669. The highest BCUT2D eigenvalue weighted by atomic mass is 16.3. The van der Waals surface area contributed by atoms with Crippen LogP contribution < -0.4 is 0 Å². The normalized spacial score (nSPS) is 11.6. The lowest BCUT2D eigenvalue weighted by Crippen LogP contribution is -2.06. The molecule has 6 heteroatoms. The minimum absolute atomic E-state index is 0.524. The molecular weight excluding hydrogens is 687 g/mol. The zero-order valence-electron chi connectivity index (χ0n) is 30.0. The van der Waals surface area contributed by atoms with Gasteiger partial charge in [0.05, 0.1) is 22.0 Å². The first-order valence-corrected chi connectivity index (χ1v) is 18.6. The molecule has 0 amide bonds. The van der Waals surface area contributed by atoms with Gasteiger partial charge >= 0.3 is 0 Å². The van der Waals surface area contributed by atoms with Gasteiger partial charge in [-0.05, 0) is 53.1 Å². The van der Waals surface area contributed by atoms with Crippen LogP contribution in [0.4, 0.5) is 0 Å². The first-order chi connectivity index (χ1) is 27.8. The van der Waals surface area contributed by atoms with Crippen molar-refractivity contribution in [2.75, 3.05) is 0 Å². The Morgan fingerprint density at radius 2 is 0.964 bits per heavy atom. The maximum Gasteiger partial charge on any atom is 0.167 e. The third kappa shape index (κ3) is 5.27. The van der Waals surface area contributed by atoms with Gasteiger partial charge in [0.25, 0.3) is 0 Å². The molecule has 0 spiro atoms. The molecule has 0 aliphatic carbocycles. The van der Waals surface area contributed by atoms with Gasteiger partial charge < -0.3 is 4.42 Å². The van der Waals surface area contributed by atoms with Gasteiger partial charge in [0.2, 0.25) is 0 Å². The van der Waals surface area contributed by atoms with Gasteiger partial charge in [-0.15, -0.1) is 0 Å². The number of para-hydroxylation sites is 2. The largest absolute Gasteiger partial charge is 0.456 e. The second-order valence-electron chi connectivity index (χ2n) is 13.9. The smallest absolute Gasteiger partial charge is 0.167 e. The SMILES string of the molecule is c1ccc(-c2cccc(-c3cnc(-n4c5ccccc5c5ccc6oc7ccccc7c6c54)c(-c4nc(-c5ccccc5)nc(-c5ccccc5)n4)c3)c2)cc1. The molecule has 0 saturated heterocycles. The maximum absolute atomic E-state index is 6.45. The lowest BCUT2D eigenvalue weighted by Gasteiger charge is -2.16. The van der Waals surface area contributed by atoms with Crippen LogP contribution in [0.5, 0.6) is 0 Å². The fraction of sp³-hybridized carbons (Fsp3) is 0. The molecule has 6 nitrogen and oxygen atoms in total. The van der Waals surface area contributed by atoms with E-state index in [1.54, 1.807) is 0 Å². The van der Waals surface area contributed by atoms with Crippen LogP contribution in [0.2, 0.25) is 0 Å². The second kappa shape index (κ2) is 13.0. The number of aromatic nitrogens is 5. The summed E-state index contributed by atoms with van der Waals surface area (Å²) in [6.45, 7) is 0. The van der Waals surface area contributed by atoms with Crippen molar-refractivity contribution in [2.24, 2.45) is 0 Å². The molecular formula is C50H31N5O. The summed E-state index contributed by atoms with van der Waals surface area (Å²) in [5.74, 6) is 2.40. The molecule has 262 valence electrons. The molecule has 11 aromatic rings. The molecule has 0 aliphatic heterocycles. The van der Waals surface area contributed by atoms with Crippen LogP contribution in [0.3, 0.4) is 0 Å².